The van der Waals surface area contributed by atoms with Crippen LogP contribution in [0.25, 0.3) is 0 Å². The van der Waals surface area contributed by atoms with E-state index in [2.05, 4.69) is 17.1 Å². The summed E-state index contributed by atoms with van der Waals surface area (Å²) in [5.74, 6) is 0. The van der Waals surface area contributed by atoms with E-state index in [0.29, 0.717) is 5.41 Å². The average Bonchev–Trinajstić information content (AvgIpc) is 2.54. The van der Waals surface area contributed by atoms with Crippen LogP contribution >= 0.6 is 0 Å². The fourth-order valence-corrected chi connectivity index (χ4v) is 2.24. The highest BCUT2D eigenvalue weighted by Crippen LogP contribution is 2.28. The van der Waals surface area contributed by atoms with Gasteiger partial charge in [-0.3, -0.25) is 0 Å². The van der Waals surface area contributed by atoms with Gasteiger partial charge in [-0.15, -0.1) is 0 Å². The van der Waals surface area contributed by atoms with E-state index in [1.54, 1.807) is 0 Å². The van der Waals surface area contributed by atoms with E-state index in [9.17, 15) is 0 Å². The van der Waals surface area contributed by atoms with Crippen molar-refractivity contribution in [2.75, 3.05) is 45.9 Å². The number of hydrogen-bond acceptors (Lipinski definition) is 3. The topological polar surface area (TPSA) is 24.5 Å². The second kappa shape index (κ2) is 3.95. The molecule has 2 fully saturated rings. The Labute approximate surface area is 80.4 Å². The van der Waals surface area contributed by atoms with Crippen LogP contribution in [0.5, 0.6) is 0 Å². The van der Waals surface area contributed by atoms with Crippen molar-refractivity contribution in [3.8, 4) is 0 Å². The van der Waals surface area contributed by atoms with Crippen molar-refractivity contribution in [1.82, 2.24) is 10.2 Å². The molecule has 0 aromatic heterocycles. The normalized spacial score (nSPS) is 36.7. The summed E-state index contributed by atoms with van der Waals surface area (Å²) in [4.78, 5) is 2.56. The van der Waals surface area contributed by atoms with Gasteiger partial charge in [-0.1, -0.05) is 6.92 Å². The van der Waals surface area contributed by atoms with Crippen LogP contribution in [0.2, 0.25) is 0 Å². The maximum atomic E-state index is 5.46. The van der Waals surface area contributed by atoms with Crippen LogP contribution < -0.4 is 5.32 Å². The largest absolute Gasteiger partial charge is 0.381 e. The molecule has 1 N–H and O–H groups in total. The third-order valence-electron chi connectivity index (χ3n) is 3.12. The molecule has 76 valence electrons. The summed E-state index contributed by atoms with van der Waals surface area (Å²) >= 11 is 0. The number of rotatable bonds is 2. The molecule has 0 bridgehead atoms. The first-order chi connectivity index (χ1) is 6.29. The van der Waals surface area contributed by atoms with E-state index >= 15 is 0 Å². The van der Waals surface area contributed by atoms with Crippen molar-refractivity contribution in [2.24, 2.45) is 5.41 Å². The van der Waals surface area contributed by atoms with Crippen molar-refractivity contribution in [3.63, 3.8) is 0 Å². The monoisotopic (exact) mass is 184 g/mol. The molecule has 2 rings (SSSR count). The molecule has 1 unspecified atom stereocenters. The number of piperazine rings is 1. The smallest absolute Gasteiger partial charge is 0.0532 e. The molecule has 0 aromatic rings. The molecular weight excluding hydrogens is 164 g/mol. The molecular formula is C10H20N2O. The van der Waals surface area contributed by atoms with Gasteiger partial charge >= 0.3 is 0 Å². The molecule has 0 aromatic carbocycles. The Hall–Kier alpha value is -0.120. The van der Waals surface area contributed by atoms with E-state index in [0.717, 1.165) is 26.3 Å². The second-order valence-electron chi connectivity index (χ2n) is 4.64. The van der Waals surface area contributed by atoms with Crippen molar-refractivity contribution in [3.05, 3.63) is 0 Å². The van der Waals surface area contributed by atoms with Gasteiger partial charge in [-0.05, 0) is 6.42 Å². The lowest BCUT2D eigenvalue weighted by Gasteiger charge is -2.34. The van der Waals surface area contributed by atoms with Crippen LogP contribution in [-0.4, -0.2) is 50.8 Å². The van der Waals surface area contributed by atoms with Crippen molar-refractivity contribution in [1.29, 1.82) is 0 Å². The fourth-order valence-electron chi connectivity index (χ4n) is 2.24. The lowest BCUT2D eigenvalue weighted by Crippen LogP contribution is -2.47. The Morgan fingerprint density at radius 2 is 2.15 bits per heavy atom. The van der Waals surface area contributed by atoms with Gasteiger partial charge in [0.15, 0.2) is 0 Å². The molecule has 0 aliphatic carbocycles. The molecule has 1 atom stereocenters. The second-order valence-corrected chi connectivity index (χ2v) is 4.64. The minimum Gasteiger partial charge on any atom is -0.381 e. The number of hydrogen-bond donors (Lipinski definition) is 1. The van der Waals surface area contributed by atoms with Gasteiger partial charge in [0.1, 0.15) is 0 Å². The molecule has 2 aliphatic heterocycles. The van der Waals surface area contributed by atoms with Crippen LogP contribution in [0.3, 0.4) is 0 Å². The van der Waals surface area contributed by atoms with Crippen LogP contribution in [-0.2, 0) is 4.74 Å². The number of nitrogens with one attached hydrogen (secondary N) is 1. The van der Waals surface area contributed by atoms with Gasteiger partial charge in [-0.2, -0.15) is 0 Å². The highest BCUT2D eigenvalue weighted by molar-refractivity contribution is 4.83. The Morgan fingerprint density at radius 1 is 1.38 bits per heavy atom. The zero-order chi connectivity index (χ0) is 9.15. The summed E-state index contributed by atoms with van der Waals surface area (Å²) in [6.45, 7) is 10.2. The summed E-state index contributed by atoms with van der Waals surface area (Å²) in [7, 11) is 0. The van der Waals surface area contributed by atoms with E-state index < -0.39 is 0 Å². The lowest BCUT2D eigenvalue weighted by molar-refractivity contribution is 0.114. The molecule has 0 amide bonds. The highest BCUT2D eigenvalue weighted by Gasteiger charge is 2.31. The molecule has 0 radical (unpaired) electrons. The zero-order valence-electron chi connectivity index (χ0n) is 8.51. The average molecular weight is 184 g/mol. The Kier molecular flexibility index (Phi) is 2.86. The quantitative estimate of drug-likeness (QED) is 0.669. The van der Waals surface area contributed by atoms with Crippen molar-refractivity contribution < 1.29 is 4.74 Å². The first-order valence-corrected chi connectivity index (χ1v) is 5.29. The van der Waals surface area contributed by atoms with Crippen LogP contribution in [0.15, 0.2) is 0 Å². The third-order valence-corrected chi connectivity index (χ3v) is 3.12. The molecule has 2 aliphatic rings. The molecule has 0 saturated carbocycles. The van der Waals surface area contributed by atoms with Crippen molar-refractivity contribution in [2.45, 2.75) is 13.3 Å². The summed E-state index contributed by atoms with van der Waals surface area (Å²) in [5.41, 5.74) is 0.428. The predicted octanol–water partition coefficient (Wildman–Crippen LogP) is 0.318. The third kappa shape index (κ3) is 2.42. The van der Waals surface area contributed by atoms with E-state index in [1.807, 2.05) is 0 Å². The molecule has 3 heteroatoms. The highest BCUT2D eigenvalue weighted by atomic mass is 16.5. The molecule has 2 saturated heterocycles. The maximum Gasteiger partial charge on any atom is 0.0532 e. The summed E-state index contributed by atoms with van der Waals surface area (Å²) in [6.07, 6.45) is 1.23. The van der Waals surface area contributed by atoms with Gasteiger partial charge in [0, 0.05) is 44.7 Å². The summed E-state index contributed by atoms with van der Waals surface area (Å²) in [6, 6.07) is 0. The Balaban J connectivity index is 1.81. The lowest BCUT2D eigenvalue weighted by atomic mass is 9.89. The standard InChI is InChI=1S/C10H20N2O/c1-10(2-7-13-9-10)8-12-5-3-11-4-6-12/h11H,2-9H2,1H3. The van der Waals surface area contributed by atoms with E-state index in [4.69, 9.17) is 4.74 Å². The number of ether oxygens (including phenoxy) is 1. The minimum absolute atomic E-state index is 0.428. The van der Waals surface area contributed by atoms with Crippen molar-refractivity contribution >= 4 is 0 Å². The van der Waals surface area contributed by atoms with Crippen LogP contribution in [0.4, 0.5) is 0 Å². The number of nitrogens with zero attached hydrogens (tertiary/aromatic N) is 1. The first kappa shape index (κ1) is 9.44. The summed E-state index contributed by atoms with van der Waals surface area (Å²) in [5, 5.41) is 3.38. The molecule has 0 spiro atoms. The van der Waals surface area contributed by atoms with E-state index in [1.165, 1.54) is 26.1 Å². The van der Waals surface area contributed by atoms with Gasteiger partial charge in [-0.25, -0.2) is 0 Å². The zero-order valence-corrected chi connectivity index (χ0v) is 8.51. The van der Waals surface area contributed by atoms with Crippen LogP contribution in [0.1, 0.15) is 13.3 Å². The Morgan fingerprint density at radius 3 is 2.77 bits per heavy atom. The van der Waals surface area contributed by atoms with Gasteiger partial charge in [0.2, 0.25) is 0 Å². The van der Waals surface area contributed by atoms with Crippen LogP contribution in [0, 0.1) is 5.41 Å². The SMILES string of the molecule is CC1(CN2CCNCC2)CCOC1. The predicted molar refractivity (Wildman–Crippen MR) is 52.9 cm³/mol. The molecule has 13 heavy (non-hydrogen) atoms. The van der Waals surface area contributed by atoms with Gasteiger partial charge in [0.05, 0.1) is 6.61 Å². The van der Waals surface area contributed by atoms with Gasteiger partial charge in [0.25, 0.3) is 0 Å². The first-order valence-electron chi connectivity index (χ1n) is 5.29. The van der Waals surface area contributed by atoms with E-state index in [-0.39, 0.29) is 0 Å². The minimum atomic E-state index is 0.428. The summed E-state index contributed by atoms with van der Waals surface area (Å²) < 4.78 is 5.46. The Bertz CT molecular complexity index is 160. The molecule has 3 nitrogen and oxygen atoms in total. The molecule has 2 heterocycles. The fraction of sp³-hybridized carbons (Fsp3) is 1.00. The van der Waals surface area contributed by atoms with Gasteiger partial charge < -0.3 is 15.0 Å². The maximum absolute atomic E-state index is 5.46.